The van der Waals surface area contributed by atoms with E-state index in [2.05, 4.69) is 0 Å². The van der Waals surface area contributed by atoms with Crippen molar-refractivity contribution >= 4 is 9.84 Å². The van der Waals surface area contributed by atoms with Gasteiger partial charge in [-0.25, -0.2) is 8.42 Å². The van der Waals surface area contributed by atoms with Crippen LogP contribution in [0.2, 0.25) is 0 Å². The number of aliphatic hydroxyl groups is 1. The Morgan fingerprint density at radius 3 is 2.09 bits per heavy atom. The highest BCUT2D eigenvalue weighted by atomic mass is 32.2. The molecule has 0 aromatic heterocycles. The first-order chi connectivity index (χ1) is 4.95. The van der Waals surface area contributed by atoms with Gasteiger partial charge < -0.3 is 10.8 Å². The minimum atomic E-state index is -3.18. The third-order valence-electron chi connectivity index (χ3n) is 1.63. The standard InChI is InChI=1S/C6H15NO3S/c1-3-11(9,10)6(4-8)5(2)7/h5-6,8H,3-4,7H2,1-2H3/t5-,6-/m1/s1. The van der Waals surface area contributed by atoms with Crippen molar-refractivity contribution in [2.75, 3.05) is 12.4 Å². The molecule has 68 valence electrons. The second-order valence-electron chi connectivity index (χ2n) is 2.53. The number of rotatable bonds is 4. The SMILES string of the molecule is CCS(=O)(=O)[C@H](CO)[C@@H](C)N. The van der Waals surface area contributed by atoms with Gasteiger partial charge in [-0.05, 0) is 6.92 Å². The van der Waals surface area contributed by atoms with Crippen molar-refractivity contribution in [2.45, 2.75) is 25.1 Å². The second-order valence-corrected chi connectivity index (χ2v) is 5.04. The lowest BCUT2D eigenvalue weighted by Crippen LogP contribution is -2.41. The molecule has 2 atom stereocenters. The lowest BCUT2D eigenvalue weighted by atomic mass is 10.3. The first kappa shape index (κ1) is 10.9. The average Bonchev–Trinajstić information content (AvgIpc) is 1.88. The van der Waals surface area contributed by atoms with E-state index in [4.69, 9.17) is 10.8 Å². The van der Waals surface area contributed by atoms with E-state index in [9.17, 15) is 8.42 Å². The molecule has 0 bridgehead atoms. The van der Waals surface area contributed by atoms with E-state index in [0.29, 0.717) is 0 Å². The second kappa shape index (κ2) is 4.04. The Morgan fingerprint density at radius 2 is 2.00 bits per heavy atom. The Morgan fingerprint density at radius 1 is 1.55 bits per heavy atom. The molecule has 0 radical (unpaired) electrons. The van der Waals surface area contributed by atoms with Crippen molar-refractivity contribution in [2.24, 2.45) is 5.73 Å². The summed E-state index contributed by atoms with van der Waals surface area (Å²) in [6.07, 6.45) is 0. The monoisotopic (exact) mass is 181 g/mol. The van der Waals surface area contributed by atoms with Gasteiger partial charge in [0.15, 0.2) is 9.84 Å². The van der Waals surface area contributed by atoms with Crippen LogP contribution < -0.4 is 5.73 Å². The van der Waals surface area contributed by atoms with Gasteiger partial charge in [-0.1, -0.05) is 6.92 Å². The quantitative estimate of drug-likeness (QED) is 0.590. The summed E-state index contributed by atoms with van der Waals surface area (Å²) < 4.78 is 22.3. The minimum Gasteiger partial charge on any atom is -0.395 e. The molecule has 0 aromatic rings. The number of sulfone groups is 1. The zero-order valence-electron chi connectivity index (χ0n) is 6.82. The molecule has 0 heterocycles. The van der Waals surface area contributed by atoms with E-state index in [-0.39, 0.29) is 5.75 Å². The van der Waals surface area contributed by atoms with Crippen molar-refractivity contribution in [3.8, 4) is 0 Å². The topological polar surface area (TPSA) is 80.4 Å². The van der Waals surface area contributed by atoms with Crippen LogP contribution >= 0.6 is 0 Å². The van der Waals surface area contributed by atoms with Gasteiger partial charge in [-0.2, -0.15) is 0 Å². The summed E-state index contributed by atoms with van der Waals surface area (Å²) in [5.41, 5.74) is 5.37. The molecule has 0 unspecified atom stereocenters. The smallest absolute Gasteiger partial charge is 0.156 e. The zero-order valence-corrected chi connectivity index (χ0v) is 7.63. The van der Waals surface area contributed by atoms with Gasteiger partial charge in [0.25, 0.3) is 0 Å². The fraction of sp³-hybridized carbons (Fsp3) is 1.00. The van der Waals surface area contributed by atoms with E-state index in [1.807, 2.05) is 0 Å². The molecular weight excluding hydrogens is 166 g/mol. The Hall–Kier alpha value is -0.130. The first-order valence-electron chi connectivity index (χ1n) is 3.53. The number of hydrogen-bond acceptors (Lipinski definition) is 4. The molecular formula is C6H15NO3S. The average molecular weight is 181 g/mol. The molecule has 0 fully saturated rings. The molecule has 11 heavy (non-hydrogen) atoms. The Bertz CT molecular complexity index is 198. The fourth-order valence-electron chi connectivity index (χ4n) is 0.821. The third kappa shape index (κ3) is 2.76. The maximum atomic E-state index is 11.1. The normalized spacial score (nSPS) is 17.8. The van der Waals surface area contributed by atoms with Crippen LogP contribution in [0.15, 0.2) is 0 Å². The predicted molar refractivity (Wildman–Crippen MR) is 44.0 cm³/mol. The van der Waals surface area contributed by atoms with Crippen LogP contribution in [0.4, 0.5) is 0 Å². The van der Waals surface area contributed by atoms with Crippen LogP contribution in [-0.2, 0) is 9.84 Å². The van der Waals surface area contributed by atoms with Crippen molar-refractivity contribution in [1.82, 2.24) is 0 Å². The fourth-order valence-corrected chi connectivity index (χ4v) is 2.13. The van der Waals surface area contributed by atoms with Gasteiger partial charge in [-0.3, -0.25) is 0 Å². The predicted octanol–water partition coefficient (Wildman–Crippen LogP) is -0.871. The Labute approximate surface area is 67.3 Å². The molecule has 0 amide bonds. The maximum Gasteiger partial charge on any atom is 0.156 e. The van der Waals surface area contributed by atoms with E-state index in [1.54, 1.807) is 13.8 Å². The van der Waals surface area contributed by atoms with E-state index in [1.165, 1.54) is 0 Å². The summed E-state index contributed by atoms with van der Waals surface area (Å²) >= 11 is 0. The molecule has 0 saturated carbocycles. The lowest BCUT2D eigenvalue weighted by molar-refractivity contribution is 0.280. The van der Waals surface area contributed by atoms with E-state index >= 15 is 0 Å². The zero-order chi connectivity index (χ0) is 9.07. The van der Waals surface area contributed by atoms with Crippen molar-refractivity contribution in [3.05, 3.63) is 0 Å². The van der Waals surface area contributed by atoms with Gasteiger partial charge in [0, 0.05) is 11.8 Å². The first-order valence-corrected chi connectivity index (χ1v) is 5.25. The highest BCUT2D eigenvalue weighted by molar-refractivity contribution is 7.92. The van der Waals surface area contributed by atoms with E-state index < -0.39 is 27.7 Å². The highest BCUT2D eigenvalue weighted by Gasteiger charge is 2.26. The molecule has 4 nitrogen and oxygen atoms in total. The number of hydrogen-bond donors (Lipinski definition) is 2. The van der Waals surface area contributed by atoms with Crippen LogP contribution in [0.5, 0.6) is 0 Å². The van der Waals surface area contributed by atoms with Crippen LogP contribution in [0.25, 0.3) is 0 Å². The molecule has 0 aliphatic rings. The van der Waals surface area contributed by atoms with Gasteiger partial charge >= 0.3 is 0 Å². The van der Waals surface area contributed by atoms with E-state index in [0.717, 1.165) is 0 Å². The summed E-state index contributed by atoms with van der Waals surface area (Å²) in [4.78, 5) is 0. The minimum absolute atomic E-state index is 0.0275. The number of aliphatic hydroxyl groups excluding tert-OH is 1. The summed E-state index contributed by atoms with van der Waals surface area (Å²) in [5.74, 6) is 0.0275. The highest BCUT2D eigenvalue weighted by Crippen LogP contribution is 2.04. The molecule has 0 saturated heterocycles. The van der Waals surface area contributed by atoms with Crippen LogP contribution in [0.1, 0.15) is 13.8 Å². The van der Waals surface area contributed by atoms with Gasteiger partial charge in [0.05, 0.1) is 11.9 Å². The molecule has 3 N–H and O–H groups in total. The van der Waals surface area contributed by atoms with Crippen molar-refractivity contribution < 1.29 is 13.5 Å². The van der Waals surface area contributed by atoms with Crippen molar-refractivity contribution in [3.63, 3.8) is 0 Å². The summed E-state index contributed by atoms with van der Waals surface area (Å²) in [6.45, 7) is 2.72. The maximum absolute atomic E-state index is 11.1. The van der Waals surface area contributed by atoms with Gasteiger partial charge in [0.2, 0.25) is 0 Å². The Balaban J connectivity index is 4.51. The van der Waals surface area contributed by atoms with Gasteiger partial charge in [-0.15, -0.1) is 0 Å². The Kier molecular flexibility index (Phi) is 3.99. The largest absolute Gasteiger partial charge is 0.395 e. The van der Waals surface area contributed by atoms with Crippen LogP contribution in [0.3, 0.4) is 0 Å². The summed E-state index contributed by atoms with van der Waals surface area (Å²) in [6, 6.07) is -0.509. The van der Waals surface area contributed by atoms with Crippen molar-refractivity contribution in [1.29, 1.82) is 0 Å². The molecule has 0 aromatic carbocycles. The molecule has 0 spiro atoms. The number of nitrogens with two attached hydrogens (primary N) is 1. The molecule has 0 aliphatic heterocycles. The molecule has 5 heteroatoms. The van der Waals surface area contributed by atoms with Crippen LogP contribution in [-0.4, -0.2) is 37.2 Å². The van der Waals surface area contributed by atoms with Crippen LogP contribution in [0, 0.1) is 0 Å². The third-order valence-corrected chi connectivity index (χ3v) is 3.94. The molecule has 0 aliphatic carbocycles. The summed E-state index contributed by atoms with van der Waals surface area (Å²) in [7, 11) is -3.18. The molecule has 0 rings (SSSR count). The summed E-state index contributed by atoms with van der Waals surface area (Å²) in [5, 5.41) is 7.89. The van der Waals surface area contributed by atoms with Gasteiger partial charge in [0.1, 0.15) is 0 Å². The lowest BCUT2D eigenvalue weighted by Gasteiger charge is -2.17.